The summed E-state index contributed by atoms with van der Waals surface area (Å²) in [4.78, 5) is 37.6. The number of carbonyl (C=O) groups is 2. The molecule has 3 aromatic rings. The lowest BCUT2D eigenvalue weighted by Crippen LogP contribution is -2.34. The Morgan fingerprint density at radius 1 is 1.03 bits per heavy atom. The first-order valence-electron chi connectivity index (χ1n) is 10.6. The molecule has 0 fully saturated rings. The van der Waals surface area contributed by atoms with Crippen molar-refractivity contribution in [2.75, 3.05) is 18.5 Å². The number of ether oxygens (including phenoxy) is 1. The number of amides is 2. The fourth-order valence-corrected chi connectivity index (χ4v) is 3.20. The molecule has 1 heterocycles. The number of benzene rings is 2. The van der Waals surface area contributed by atoms with Crippen LogP contribution < -0.4 is 20.9 Å². The lowest BCUT2D eigenvalue weighted by molar-refractivity contribution is -0.115. The fourth-order valence-electron chi connectivity index (χ4n) is 3.20. The Labute approximate surface area is 186 Å². The Hall–Kier alpha value is -3.81. The van der Waals surface area contributed by atoms with Gasteiger partial charge in [-0.3, -0.25) is 19.1 Å². The molecule has 0 aliphatic heterocycles. The number of nitrogens with one attached hydrogen (secondary N) is 2. The summed E-state index contributed by atoms with van der Waals surface area (Å²) in [6.45, 7) is 4.21. The smallest absolute Gasteiger partial charge is 0.295 e. The molecule has 0 aliphatic rings. The molecule has 2 amide bonds. The van der Waals surface area contributed by atoms with Gasteiger partial charge in [0.25, 0.3) is 11.5 Å². The second-order valence-electron chi connectivity index (χ2n) is 7.39. The van der Waals surface area contributed by atoms with Crippen LogP contribution in [-0.4, -0.2) is 34.3 Å². The summed E-state index contributed by atoms with van der Waals surface area (Å²) in [7, 11) is 1.75. The summed E-state index contributed by atoms with van der Waals surface area (Å²) in [6, 6.07) is 15.9. The van der Waals surface area contributed by atoms with Crippen LogP contribution in [0.1, 0.15) is 35.8 Å². The van der Waals surface area contributed by atoms with Crippen LogP contribution in [0, 0.1) is 6.92 Å². The highest BCUT2D eigenvalue weighted by Gasteiger charge is 2.18. The van der Waals surface area contributed by atoms with E-state index in [-0.39, 0.29) is 23.7 Å². The van der Waals surface area contributed by atoms with Crippen molar-refractivity contribution >= 4 is 17.5 Å². The summed E-state index contributed by atoms with van der Waals surface area (Å²) in [5, 5.41) is 5.20. The van der Waals surface area contributed by atoms with Crippen molar-refractivity contribution in [3.63, 3.8) is 0 Å². The standard InChI is InChI=1S/C24H28N4O4/c1-4-5-15-32-20-13-11-18(12-14-20)23(30)25-16-21(29)26-22-17(2)27(3)28(24(22)31)19-9-7-6-8-10-19/h6-14H,4-5,15-16H2,1-3H3,(H,25,30)(H,26,29). The van der Waals surface area contributed by atoms with E-state index in [1.165, 1.54) is 4.68 Å². The monoisotopic (exact) mass is 436 g/mol. The maximum Gasteiger partial charge on any atom is 0.295 e. The second-order valence-corrected chi connectivity index (χ2v) is 7.39. The molecule has 0 spiro atoms. The molecule has 0 atom stereocenters. The summed E-state index contributed by atoms with van der Waals surface area (Å²) in [6.07, 6.45) is 2.01. The number of rotatable bonds is 9. The van der Waals surface area contributed by atoms with Crippen molar-refractivity contribution in [2.24, 2.45) is 7.05 Å². The Balaban J connectivity index is 1.61. The van der Waals surface area contributed by atoms with Crippen LogP contribution >= 0.6 is 0 Å². The molecule has 0 unspecified atom stereocenters. The Bertz CT molecular complexity index is 1130. The first-order valence-corrected chi connectivity index (χ1v) is 10.6. The summed E-state index contributed by atoms with van der Waals surface area (Å²) in [5.41, 5.74) is 1.57. The van der Waals surface area contributed by atoms with E-state index in [4.69, 9.17) is 4.74 Å². The Kier molecular flexibility index (Phi) is 7.49. The van der Waals surface area contributed by atoms with E-state index >= 15 is 0 Å². The van der Waals surface area contributed by atoms with Crippen LogP contribution in [-0.2, 0) is 11.8 Å². The van der Waals surface area contributed by atoms with Crippen molar-refractivity contribution in [1.82, 2.24) is 14.7 Å². The van der Waals surface area contributed by atoms with E-state index in [0.717, 1.165) is 12.8 Å². The van der Waals surface area contributed by atoms with Crippen LogP contribution in [0.4, 0.5) is 5.69 Å². The van der Waals surface area contributed by atoms with Gasteiger partial charge in [0, 0.05) is 12.6 Å². The second kappa shape index (κ2) is 10.5. The van der Waals surface area contributed by atoms with E-state index in [9.17, 15) is 14.4 Å². The van der Waals surface area contributed by atoms with Crippen LogP contribution in [0.2, 0.25) is 0 Å². The fraction of sp³-hybridized carbons (Fsp3) is 0.292. The van der Waals surface area contributed by atoms with Gasteiger partial charge in [-0.05, 0) is 49.7 Å². The van der Waals surface area contributed by atoms with Crippen LogP contribution in [0.15, 0.2) is 59.4 Å². The van der Waals surface area contributed by atoms with Crippen molar-refractivity contribution < 1.29 is 14.3 Å². The topological polar surface area (TPSA) is 94.4 Å². The van der Waals surface area contributed by atoms with Crippen molar-refractivity contribution in [1.29, 1.82) is 0 Å². The number of hydrogen-bond donors (Lipinski definition) is 2. The zero-order valence-electron chi connectivity index (χ0n) is 18.6. The highest BCUT2D eigenvalue weighted by atomic mass is 16.5. The third-order valence-corrected chi connectivity index (χ3v) is 5.11. The van der Waals surface area contributed by atoms with Gasteiger partial charge in [0.15, 0.2) is 0 Å². The van der Waals surface area contributed by atoms with E-state index < -0.39 is 5.91 Å². The van der Waals surface area contributed by atoms with Gasteiger partial charge in [-0.25, -0.2) is 4.68 Å². The maximum absolute atomic E-state index is 12.9. The molecule has 3 rings (SSSR count). The molecule has 0 radical (unpaired) electrons. The zero-order chi connectivity index (χ0) is 23.1. The quantitative estimate of drug-likeness (QED) is 0.504. The number of unbranched alkanes of at least 4 members (excludes halogenated alkanes) is 1. The number of hydrogen-bond acceptors (Lipinski definition) is 4. The molecule has 1 aromatic heterocycles. The third-order valence-electron chi connectivity index (χ3n) is 5.11. The molecular formula is C24H28N4O4. The normalized spacial score (nSPS) is 10.6. The summed E-state index contributed by atoms with van der Waals surface area (Å²) in [5.74, 6) is -0.169. The van der Waals surface area contributed by atoms with Crippen molar-refractivity contribution in [2.45, 2.75) is 26.7 Å². The molecule has 2 aromatic carbocycles. The van der Waals surface area contributed by atoms with Crippen molar-refractivity contribution in [3.8, 4) is 11.4 Å². The molecule has 0 saturated heterocycles. The SMILES string of the molecule is CCCCOc1ccc(C(=O)NCC(=O)Nc2c(C)n(C)n(-c3ccccc3)c2=O)cc1. The lowest BCUT2D eigenvalue weighted by atomic mass is 10.2. The van der Waals surface area contributed by atoms with E-state index in [2.05, 4.69) is 17.6 Å². The number of anilines is 1. The minimum atomic E-state index is -0.483. The van der Waals surface area contributed by atoms with Gasteiger partial charge in [-0.2, -0.15) is 0 Å². The Morgan fingerprint density at radius 2 is 1.72 bits per heavy atom. The molecular weight excluding hydrogens is 408 g/mol. The molecule has 8 nitrogen and oxygen atoms in total. The predicted molar refractivity (Wildman–Crippen MR) is 124 cm³/mol. The molecule has 2 N–H and O–H groups in total. The molecule has 0 aliphatic carbocycles. The average molecular weight is 437 g/mol. The van der Waals surface area contributed by atoms with Crippen molar-refractivity contribution in [3.05, 3.63) is 76.2 Å². The average Bonchev–Trinajstić information content (AvgIpc) is 3.01. The molecule has 32 heavy (non-hydrogen) atoms. The highest BCUT2D eigenvalue weighted by Crippen LogP contribution is 2.14. The third kappa shape index (κ3) is 5.26. The maximum atomic E-state index is 12.9. The summed E-state index contributed by atoms with van der Waals surface area (Å²) >= 11 is 0. The largest absolute Gasteiger partial charge is 0.494 e. The molecule has 0 saturated carbocycles. The van der Waals surface area contributed by atoms with Gasteiger partial charge < -0.3 is 15.4 Å². The first-order chi connectivity index (χ1) is 15.4. The van der Waals surface area contributed by atoms with Gasteiger partial charge in [-0.1, -0.05) is 31.5 Å². The van der Waals surface area contributed by atoms with E-state index in [0.29, 0.717) is 29.3 Å². The first kappa shape index (κ1) is 22.9. The number of para-hydroxylation sites is 1. The van der Waals surface area contributed by atoms with Crippen LogP contribution in [0.25, 0.3) is 5.69 Å². The van der Waals surface area contributed by atoms with Gasteiger partial charge in [-0.15, -0.1) is 0 Å². The molecule has 168 valence electrons. The molecule has 8 heteroatoms. The number of nitrogens with zero attached hydrogens (tertiary/aromatic N) is 2. The minimum Gasteiger partial charge on any atom is -0.494 e. The Morgan fingerprint density at radius 3 is 2.38 bits per heavy atom. The lowest BCUT2D eigenvalue weighted by Gasteiger charge is -2.08. The van der Waals surface area contributed by atoms with Gasteiger partial charge in [0.05, 0.1) is 24.5 Å². The predicted octanol–water partition coefficient (Wildman–Crippen LogP) is 3.03. The zero-order valence-corrected chi connectivity index (χ0v) is 18.6. The van der Waals surface area contributed by atoms with Crippen LogP contribution in [0.5, 0.6) is 5.75 Å². The van der Waals surface area contributed by atoms with Gasteiger partial charge in [0.2, 0.25) is 5.91 Å². The minimum absolute atomic E-state index is 0.184. The van der Waals surface area contributed by atoms with E-state index in [1.807, 2.05) is 30.3 Å². The number of aromatic nitrogens is 2. The summed E-state index contributed by atoms with van der Waals surface area (Å²) < 4.78 is 8.74. The van der Waals surface area contributed by atoms with E-state index in [1.54, 1.807) is 42.9 Å². The highest BCUT2D eigenvalue weighted by molar-refractivity contribution is 5.99. The van der Waals surface area contributed by atoms with Crippen LogP contribution in [0.3, 0.4) is 0 Å². The molecule has 0 bridgehead atoms. The van der Waals surface area contributed by atoms with Gasteiger partial charge >= 0.3 is 0 Å². The number of carbonyl (C=O) groups excluding carboxylic acids is 2. The van der Waals surface area contributed by atoms with Gasteiger partial charge in [0.1, 0.15) is 11.4 Å².